The van der Waals surface area contributed by atoms with E-state index < -0.39 is 17.9 Å². The number of halogens is 1. The fraction of sp³-hybridized carbons (Fsp3) is 0.167. The summed E-state index contributed by atoms with van der Waals surface area (Å²) in [4.78, 5) is 22.4. The second-order valence-corrected chi connectivity index (χ2v) is 3.20. The summed E-state index contributed by atoms with van der Waals surface area (Å²) in [6.07, 6.45) is 0.682. The van der Waals surface area contributed by atoms with Crippen molar-refractivity contribution in [1.82, 2.24) is 0 Å². The highest BCUT2D eigenvalue weighted by molar-refractivity contribution is 5.92. The van der Waals surface area contributed by atoms with Crippen LogP contribution >= 0.6 is 0 Å². The molecule has 96 valence electrons. The van der Waals surface area contributed by atoms with Gasteiger partial charge < -0.3 is 9.47 Å². The number of nitrogens with one attached hydrogen (secondary N) is 1. The Hall–Kier alpha value is -2.37. The summed E-state index contributed by atoms with van der Waals surface area (Å²) in [6, 6.07) is 3.52. The van der Waals surface area contributed by atoms with E-state index in [-0.39, 0.29) is 17.9 Å². The summed E-state index contributed by atoms with van der Waals surface area (Å²) >= 11 is 0. The van der Waals surface area contributed by atoms with Crippen molar-refractivity contribution in [3.05, 3.63) is 42.2 Å². The number of amides is 1. The van der Waals surface area contributed by atoms with E-state index in [2.05, 4.69) is 21.4 Å². The van der Waals surface area contributed by atoms with Crippen LogP contribution in [0.15, 0.2) is 30.9 Å². The number of methoxy groups -OCH3 is 1. The molecule has 0 bridgehead atoms. The Morgan fingerprint density at radius 1 is 1.50 bits per heavy atom. The average Bonchev–Trinajstić information content (AvgIpc) is 2.37. The van der Waals surface area contributed by atoms with Crippen LogP contribution in [-0.2, 0) is 9.47 Å². The number of hydrogen-bond acceptors (Lipinski definition) is 4. The minimum atomic E-state index is -0.824. The molecule has 5 nitrogen and oxygen atoms in total. The van der Waals surface area contributed by atoms with E-state index in [9.17, 15) is 14.0 Å². The van der Waals surface area contributed by atoms with Crippen LogP contribution in [0.3, 0.4) is 0 Å². The predicted molar refractivity (Wildman–Crippen MR) is 62.9 cm³/mol. The average molecular weight is 253 g/mol. The first-order valence-electron chi connectivity index (χ1n) is 5.01. The van der Waals surface area contributed by atoms with Gasteiger partial charge in [-0.3, -0.25) is 5.32 Å². The lowest BCUT2D eigenvalue weighted by atomic mass is 10.2. The van der Waals surface area contributed by atoms with E-state index in [0.29, 0.717) is 0 Å². The number of benzene rings is 1. The number of carbonyl (C=O) groups is 2. The van der Waals surface area contributed by atoms with Crippen LogP contribution in [0.1, 0.15) is 10.4 Å². The largest absolute Gasteiger partial charge is 0.465 e. The fourth-order valence-corrected chi connectivity index (χ4v) is 1.16. The fourth-order valence-electron chi connectivity index (χ4n) is 1.16. The second kappa shape index (κ2) is 6.39. The van der Waals surface area contributed by atoms with Crippen molar-refractivity contribution in [3.63, 3.8) is 0 Å². The molecule has 0 atom stereocenters. The predicted octanol–water partition coefficient (Wildman–Crippen LogP) is 2.35. The summed E-state index contributed by atoms with van der Waals surface area (Å²) in [5.74, 6) is -1.55. The highest BCUT2D eigenvalue weighted by Gasteiger charge is 2.13. The van der Waals surface area contributed by atoms with E-state index in [1.807, 2.05) is 0 Å². The molecule has 0 spiro atoms. The molecule has 0 aliphatic rings. The van der Waals surface area contributed by atoms with Gasteiger partial charge in [-0.05, 0) is 18.2 Å². The van der Waals surface area contributed by atoms with Gasteiger partial charge in [0.25, 0.3) is 0 Å². The third-order valence-electron chi connectivity index (χ3n) is 1.95. The lowest BCUT2D eigenvalue weighted by Gasteiger charge is -2.07. The minimum absolute atomic E-state index is 0.0525. The Labute approximate surface area is 103 Å². The molecule has 1 rings (SSSR count). The molecule has 0 fully saturated rings. The summed E-state index contributed by atoms with van der Waals surface area (Å²) in [5, 5.41) is 2.34. The van der Waals surface area contributed by atoms with Gasteiger partial charge in [0.2, 0.25) is 0 Å². The number of ether oxygens (including phenoxy) is 2. The van der Waals surface area contributed by atoms with E-state index >= 15 is 0 Å². The minimum Gasteiger partial charge on any atom is -0.465 e. The van der Waals surface area contributed by atoms with Gasteiger partial charge in [0, 0.05) is 5.69 Å². The summed E-state index contributed by atoms with van der Waals surface area (Å²) in [5.41, 5.74) is -0.0371. The zero-order chi connectivity index (χ0) is 13.5. The normalized spacial score (nSPS) is 9.44. The maximum atomic E-state index is 13.3. The molecule has 0 saturated carbocycles. The first-order valence-corrected chi connectivity index (χ1v) is 5.01. The van der Waals surface area contributed by atoms with Crippen molar-refractivity contribution in [2.45, 2.75) is 0 Å². The first-order chi connectivity index (χ1) is 8.58. The van der Waals surface area contributed by atoms with Gasteiger partial charge in [0.05, 0.1) is 12.7 Å². The van der Waals surface area contributed by atoms with Crippen molar-refractivity contribution in [2.24, 2.45) is 0 Å². The van der Waals surface area contributed by atoms with Gasteiger partial charge in [-0.2, -0.15) is 0 Å². The Balaban J connectivity index is 2.82. The summed E-state index contributed by atoms with van der Waals surface area (Å²) in [6.45, 7) is 3.44. The molecule has 1 amide bonds. The van der Waals surface area contributed by atoms with Crippen molar-refractivity contribution in [2.75, 3.05) is 19.0 Å². The van der Waals surface area contributed by atoms with Crippen LogP contribution in [0.25, 0.3) is 0 Å². The van der Waals surface area contributed by atoms with Crippen LogP contribution in [0, 0.1) is 5.82 Å². The molecule has 0 heterocycles. The van der Waals surface area contributed by atoms with Gasteiger partial charge >= 0.3 is 12.1 Å². The van der Waals surface area contributed by atoms with Gasteiger partial charge in [0.15, 0.2) is 0 Å². The molecule has 1 N–H and O–H groups in total. The maximum absolute atomic E-state index is 13.3. The molecular formula is C12H12FNO4. The molecule has 1 aromatic carbocycles. The summed E-state index contributed by atoms with van der Waals surface area (Å²) < 4.78 is 22.4. The smallest absolute Gasteiger partial charge is 0.411 e. The highest BCUT2D eigenvalue weighted by Crippen LogP contribution is 2.15. The molecule has 0 unspecified atom stereocenters. The Bertz CT molecular complexity index is 473. The molecule has 0 aliphatic heterocycles. The van der Waals surface area contributed by atoms with Gasteiger partial charge in [-0.15, -0.1) is 0 Å². The maximum Gasteiger partial charge on any atom is 0.411 e. The Morgan fingerprint density at radius 3 is 2.83 bits per heavy atom. The highest BCUT2D eigenvalue weighted by atomic mass is 19.1. The van der Waals surface area contributed by atoms with Crippen molar-refractivity contribution in [3.8, 4) is 0 Å². The Morgan fingerprint density at radius 2 is 2.22 bits per heavy atom. The lowest BCUT2D eigenvalue weighted by Crippen LogP contribution is -2.14. The number of anilines is 1. The molecule has 0 aliphatic carbocycles. The zero-order valence-electron chi connectivity index (χ0n) is 9.73. The van der Waals surface area contributed by atoms with Crippen molar-refractivity contribution < 1.29 is 23.5 Å². The van der Waals surface area contributed by atoms with Crippen LogP contribution in [0.4, 0.5) is 14.9 Å². The molecule has 0 aromatic heterocycles. The topological polar surface area (TPSA) is 64.6 Å². The van der Waals surface area contributed by atoms with Crippen LogP contribution in [0.5, 0.6) is 0 Å². The summed E-state index contributed by atoms with van der Waals surface area (Å²) in [7, 11) is 1.14. The third kappa shape index (κ3) is 3.58. The van der Waals surface area contributed by atoms with E-state index in [1.165, 1.54) is 12.1 Å². The third-order valence-corrected chi connectivity index (χ3v) is 1.95. The van der Waals surface area contributed by atoms with E-state index in [0.717, 1.165) is 19.2 Å². The van der Waals surface area contributed by atoms with Crippen LogP contribution < -0.4 is 5.32 Å². The van der Waals surface area contributed by atoms with Crippen molar-refractivity contribution >= 4 is 17.7 Å². The number of carbonyl (C=O) groups excluding carboxylic acids is 2. The van der Waals surface area contributed by atoms with Crippen LogP contribution in [-0.4, -0.2) is 25.8 Å². The standard InChI is InChI=1S/C12H12FNO4/c1-3-6-18-12(16)14-8-4-5-10(13)9(7-8)11(15)17-2/h3-5,7H,1,6H2,2H3,(H,14,16). The molecule has 1 aromatic rings. The molecule has 0 radical (unpaired) electrons. The second-order valence-electron chi connectivity index (χ2n) is 3.20. The van der Waals surface area contributed by atoms with Gasteiger partial charge in [-0.1, -0.05) is 12.7 Å². The quantitative estimate of drug-likeness (QED) is 0.660. The van der Waals surface area contributed by atoms with Crippen molar-refractivity contribution in [1.29, 1.82) is 0 Å². The van der Waals surface area contributed by atoms with E-state index in [1.54, 1.807) is 0 Å². The lowest BCUT2D eigenvalue weighted by molar-refractivity contribution is 0.0595. The molecular weight excluding hydrogens is 241 g/mol. The first kappa shape index (κ1) is 13.7. The SMILES string of the molecule is C=CCOC(=O)Nc1ccc(F)c(C(=O)OC)c1. The van der Waals surface area contributed by atoms with Gasteiger partial charge in [-0.25, -0.2) is 14.0 Å². The van der Waals surface area contributed by atoms with Gasteiger partial charge in [0.1, 0.15) is 12.4 Å². The number of rotatable bonds is 4. The number of esters is 1. The Kier molecular flexibility index (Phi) is 4.86. The molecule has 0 saturated heterocycles. The number of hydrogen-bond donors (Lipinski definition) is 1. The zero-order valence-corrected chi connectivity index (χ0v) is 9.73. The van der Waals surface area contributed by atoms with E-state index in [4.69, 9.17) is 0 Å². The monoisotopic (exact) mass is 253 g/mol. The molecule has 18 heavy (non-hydrogen) atoms. The van der Waals surface area contributed by atoms with Crippen LogP contribution in [0.2, 0.25) is 0 Å². The molecule has 6 heteroatoms.